The number of aliphatic hydroxyl groups is 1. The summed E-state index contributed by atoms with van der Waals surface area (Å²) >= 11 is 3.23. The summed E-state index contributed by atoms with van der Waals surface area (Å²) in [7, 11) is 0. The van der Waals surface area contributed by atoms with Gasteiger partial charge in [0.1, 0.15) is 5.69 Å². The Morgan fingerprint density at radius 2 is 2.42 bits per heavy atom. The van der Waals surface area contributed by atoms with E-state index in [2.05, 4.69) is 21.0 Å². The second-order valence-electron chi connectivity index (χ2n) is 2.35. The van der Waals surface area contributed by atoms with Crippen LogP contribution in [0.2, 0.25) is 0 Å². The number of halogens is 1. The number of aliphatic hydroxyl groups excluding tert-OH is 1. The Morgan fingerprint density at radius 1 is 1.75 bits per heavy atom. The zero-order chi connectivity index (χ0) is 9.14. The van der Waals surface area contributed by atoms with Crippen molar-refractivity contribution in [3.8, 4) is 0 Å². The number of carbonyl (C=O) groups is 1. The van der Waals surface area contributed by atoms with E-state index in [-0.39, 0.29) is 6.61 Å². The van der Waals surface area contributed by atoms with E-state index in [1.165, 1.54) is 4.68 Å². The van der Waals surface area contributed by atoms with Crippen LogP contribution in [0.5, 0.6) is 0 Å². The van der Waals surface area contributed by atoms with Crippen LogP contribution >= 0.6 is 15.9 Å². The van der Waals surface area contributed by atoms with Crippen molar-refractivity contribution in [2.24, 2.45) is 0 Å². The minimum atomic E-state index is -0.0194. The van der Waals surface area contributed by atoms with Gasteiger partial charge in [0.2, 0.25) is 0 Å². The Hall–Kier alpha value is -0.680. The SMILES string of the molecule is Cc1nn(CCO)c(C=O)c1Br. The minimum Gasteiger partial charge on any atom is -0.394 e. The van der Waals surface area contributed by atoms with Gasteiger partial charge in [0.15, 0.2) is 6.29 Å². The number of aromatic nitrogens is 2. The zero-order valence-corrected chi connectivity index (χ0v) is 8.21. The molecule has 0 amide bonds. The third kappa shape index (κ3) is 1.56. The maximum atomic E-state index is 10.6. The fourth-order valence-electron chi connectivity index (χ4n) is 0.955. The summed E-state index contributed by atoms with van der Waals surface area (Å²) in [5, 5.41) is 12.7. The van der Waals surface area contributed by atoms with Crippen molar-refractivity contribution in [1.82, 2.24) is 9.78 Å². The molecule has 0 saturated heterocycles. The van der Waals surface area contributed by atoms with Gasteiger partial charge in [0.05, 0.1) is 23.3 Å². The van der Waals surface area contributed by atoms with Crippen molar-refractivity contribution in [3.05, 3.63) is 15.9 Å². The topological polar surface area (TPSA) is 55.1 Å². The van der Waals surface area contributed by atoms with Crippen LogP contribution in [0.4, 0.5) is 0 Å². The highest BCUT2D eigenvalue weighted by Crippen LogP contribution is 2.18. The van der Waals surface area contributed by atoms with Gasteiger partial charge in [-0.3, -0.25) is 9.48 Å². The molecule has 0 spiro atoms. The molecule has 4 nitrogen and oxygen atoms in total. The van der Waals surface area contributed by atoms with E-state index >= 15 is 0 Å². The second kappa shape index (κ2) is 3.82. The number of nitrogens with zero attached hydrogens (tertiary/aromatic N) is 2. The number of hydrogen-bond acceptors (Lipinski definition) is 3. The molecule has 0 aliphatic rings. The molecule has 0 aliphatic carbocycles. The van der Waals surface area contributed by atoms with Gasteiger partial charge in [0.25, 0.3) is 0 Å². The molecule has 0 radical (unpaired) electrons. The van der Waals surface area contributed by atoms with Gasteiger partial charge in [-0.1, -0.05) is 0 Å². The molecule has 1 N–H and O–H groups in total. The maximum Gasteiger partial charge on any atom is 0.169 e. The molecule has 0 fully saturated rings. The van der Waals surface area contributed by atoms with Crippen LogP contribution in [-0.4, -0.2) is 27.8 Å². The van der Waals surface area contributed by atoms with E-state index in [1.807, 2.05) is 0 Å². The summed E-state index contributed by atoms with van der Waals surface area (Å²) in [5.74, 6) is 0. The molecule has 12 heavy (non-hydrogen) atoms. The Labute approximate surface area is 78.3 Å². The first kappa shape index (κ1) is 9.41. The predicted molar refractivity (Wildman–Crippen MR) is 47.1 cm³/mol. The zero-order valence-electron chi connectivity index (χ0n) is 6.62. The number of hydrogen-bond donors (Lipinski definition) is 1. The number of rotatable bonds is 3. The Kier molecular flexibility index (Phi) is 2.99. The molecular weight excluding hydrogens is 224 g/mol. The monoisotopic (exact) mass is 232 g/mol. The molecule has 0 aromatic carbocycles. The fourth-order valence-corrected chi connectivity index (χ4v) is 1.33. The third-order valence-corrected chi connectivity index (χ3v) is 2.49. The van der Waals surface area contributed by atoms with E-state index < -0.39 is 0 Å². The van der Waals surface area contributed by atoms with Crippen molar-refractivity contribution in [1.29, 1.82) is 0 Å². The highest BCUT2D eigenvalue weighted by molar-refractivity contribution is 9.10. The highest BCUT2D eigenvalue weighted by Gasteiger charge is 2.10. The summed E-state index contributed by atoms with van der Waals surface area (Å²) in [5.41, 5.74) is 1.23. The number of aldehydes is 1. The standard InChI is InChI=1S/C7H9BrN2O2/c1-5-7(8)6(4-12)10(9-5)2-3-11/h4,11H,2-3H2,1H3. The molecule has 1 heterocycles. The van der Waals surface area contributed by atoms with E-state index in [0.717, 1.165) is 12.0 Å². The van der Waals surface area contributed by atoms with Crippen LogP contribution < -0.4 is 0 Å². The first-order valence-corrected chi connectivity index (χ1v) is 4.29. The molecule has 0 bridgehead atoms. The van der Waals surface area contributed by atoms with E-state index in [9.17, 15) is 4.79 Å². The lowest BCUT2D eigenvalue weighted by molar-refractivity contribution is 0.111. The number of aryl methyl sites for hydroxylation is 1. The lowest BCUT2D eigenvalue weighted by Crippen LogP contribution is -2.07. The van der Waals surface area contributed by atoms with E-state index in [1.54, 1.807) is 6.92 Å². The predicted octanol–water partition coefficient (Wildman–Crippen LogP) is 0.759. The molecule has 5 heteroatoms. The van der Waals surface area contributed by atoms with Crippen molar-refractivity contribution in [3.63, 3.8) is 0 Å². The van der Waals surface area contributed by atoms with Crippen LogP contribution in [0, 0.1) is 6.92 Å². The number of carbonyl (C=O) groups excluding carboxylic acids is 1. The lowest BCUT2D eigenvalue weighted by Gasteiger charge is -1.98. The van der Waals surface area contributed by atoms with Gasteiger partial charge >= 0.3 is 0 Å². The van der Waals surface area contributed by atoms with Crippen LogP contribution in [0.1, 0.15) is 16.2 Å². The fraction of sp³-hybridized carbons (Fsp3) is 0.429. The van der Waals surface area contributed by atoms with Gasteiger partial charge in [-0.15, -0.1) is 0 Å². The molecule has 66 valence electrons. The molecule has 0 atom stereocenters. The molecule has 1 aromatic rings. The van der Waals surface area contributed by atoms with Crippen LogP contribution in [0.3, 0.4) is 0 Å². The first-order valence-electron chi connectivity index (χ1n) is 3.49. The summed E-state index contributed by atoms with van der Waals surface area (Å²) in [4.78, 5) is 10.6. The molecule has 0 aliphatic heterocycles. The second-order valence-corrected chi connectivity index (χ2v) is 3.14. The Balaban J connectivity index is 3.10. The average molecular weight is 233 g/mol. The summed E-state index contributed by atoms with van der Waals surface area (Å²) in [6, 6.07) is 0. The Bertz CT molecular complexity index is 296. The average Bonchev–Trinajstić information content (AvgIpc) is 2.29. The summed E-state index contributed by atoms with van der Waals surface area (Å²) < 4.78 is 2.18. The molecule has 0 saturated carbocycles. The van der Waals surface area contributed by atoms with Gasteiger partial charge in [-0.25, -0.2) is 0 Å². The van der Waals surface area contributed by atoms with Crippen LogP contribution in [0.15, 0.2) is 4.47 Å². The highest BCUT2D eigenvalue weighted by atomic mass is 79.9. The van der Waals surface area contributed by atoms with Crippen molar-refractivity contribution >= 4 is 22.2 Å². The molecular formula is C7H9BrN2O2. The van der Waals surface area contributed by atoms with E-state index in [4.69, 9.17) is 5.11 Å². The minimum absolute atomic E-state index is 0.0194. The van der Waals surface area contributed by atoms with Crippen molar-refractivity contribution < 1.29 is 9.90 Å². The van der Waals surface area contributed by atoms with Gasteiger partial charge < -0.3 is 5.11 Å². The molecule has 1 aromatic heterocycles. The van der Waals surface area contributed by atoms with Gasteiger partial charge in [-0.05, 0) is 22.9 Å². The quantitative estimate of drug-likeness (QED) is 0.784. The third-order valence-electron chi connectivity index (χ3n) is 1.51. The summed E-state index contributed by atoms with van der Waals surface area (Å²) in [6.45, 7) is 2.12. The van der Waals surface area contributed by atoms with Gasteiger partial charge in [-0.2, -0.15) is 5.10 Å². The van der Waals surface area contributed by atoms with Crippen molar-refractivity contribution in [2.45, 2.75) is 13.5 Å². The lowest BCUT2D eigenvalue weighted by atomic mass is 10.4. The molecule has 1 rings (SSSR count). The molecule has 0 unspecified atom stereocenters. The summed E-state index contributed by atoms with van der Waals surface area (Å²) in [6.07, 6.45) is 0.722. The largest absolute Gasteiger partial charge is 0.394 e. The van der Waals surface area contributed by atoms with E-state index in [0.29, 0.717) is 16.7 Å². The Morgan fingerprint density at radius 3 is 2.92 bits per heavy atom. The van der Waals surface area contributed by atoms with Crippen LogP contribution in [0.25, 0.3) is 0 Å². The smallest absolute Gasteiger partial charge is 0.169 e. The van der Waals surface area contributed by atoms with Gasteiger partial charge in [0, 0.05) is 0 Å². The maximum absolute atomic E-state index is 10.6. The van der Waals surface area contributed by atoms with Crippen molar-refractivity contribution in [2.75, 3.05) is 6.61 Å². The normalized spacial score (nSPS) is 10.2. The van der Waals surface area contributed by atoms with Crippen LogP contribution in [-0.2, 0) is 6.54 Å². The first-order chi connectivity index (χ1) is 5.70.